The Kier molecular flexibility index (Phi) is 6.65. The van der Waals surface area contributed by atoms with Gasteiger partial charge in [0.1, 0.15) is 6.04 Å². The van der Waals surface area contributed by atoms with Crippen molar-refractivity contribution in [1.29, 1.82) is 0 Å². The summed E-state index contributed by atoms with van der Waals surface area (Å²) in [5, 5.41) is 7.15. The second kappa shape index (κ2) is 9.58. The molecule has 1 aliphatic carbocycles. The Morgan fingerprint density at radius 3 is 2.37 bits per heavy atom. The van der Waals surface area contributed by atoms with Crippen LogP contribution in [0.15, 0.2) is 59.3 Å². The van der Waals surface area contributed by atoms with Crippen molar-refractivity contribution in [3.8, 4) is 0 Å². The van der Waals surface area contributed by atoms with Crippen molar-refractivity contribution in [2.75, 3.05) is 4.90 Å². The van der Waals surface area contributed by atoms with E-state index >= 15 is 0 Å². The van der Waals surface area contributed by atoms with Crippen LogP contribution in [0.4, 0.5) is 5.69 Å². The maximum absolute atomic E-state index is 13.5. The molecule has 4 nitrogen and oxygen atoms in total. The highest BCUT2D eigenvalue weighted by atomic mass is 32.1. The summed E-state index contributed by atoms with van der Waals surface area (Å²) in [4.78, 5) is 30.6. The summed E-state index contributed by atoms with van der Waals surface area (Å²) < 4.78 is 0. The molecule has 2 amide bonds. The zero-order valence-electron chi connectivity index (χ0n) is 17.0. The van der Waals surface area contributed by atoms with Crippen molar-refractivity contribution in [2.24, 2.45) is 0 Å². The van der Waals surface area contributed by atoms with Crippen LogP contribution in [0, 0.1) is 6.92 Å². The SMILES string of the molecule is Cc1ccc(N(C(=O)Cc2cccs2)[C@H](C(=O)NC2CCCC2)c2cccs2)cc1. The van der Waals surface area contributed by atoms with Crippen molar-refractivity contribution in [3.05, 3.63) is 74.6 Å². The molecule has 3 aromatic rings. The maximum Gasteiger partial charge on any atom is 0.248 e. The fourth-order valence-corrected chi connectivity index (χ4v) is 5.47. The van der Waals surface area contributed by atoms with Gasteiger partial charge in [-0.05, 0) is 54.8 Å². The predicted octanol–water partition coefficient (Wildman–Crippen LogP) is 5.49. The first-order valence-corrected chi connectivity index (χ1v) is 12.1. The standard InChI is InChI=1S/C24H26N2O2S2/c1-17-10-12-19(13-11-17)26(22(27)16-20-8-4-14-29-20)23(21-9-5-15-30-21)24(28)25-18-6-2-3-7-18/h4-5,8-15,18,23H,2-3,6-7,16H2,1H3,(H,25,28)/t23-/m0/s1. The Balaban J connectivity index is 1.70. The Morgan fingerprint density at radius 2 is 1.73 bits per heavy atom. The molecule has 1 N–H and O–H groups in total. The molecule has 0 bridgehead atoms. The Hall–Kier alpha value is -2.44. The largest absolute Gasteiger partial charge is 0.351 e. The number of rotatable bonds is 7. The molecule has 0 aliphatic heterocycles. The summed E-state index contributed by atoms with van der Waals surface area (Å²) in [6.07, 6.45) is 4.60. The Morgan fingerprint density at radius 1 is 1.03 bits per heavy atom. The predicted molar refractivity (Wildman–Crippen MR) is 124 cm³/mol. The van der Waals surface area contributed by atoms with Crippen LogP contribution in [0.2, 0.25) is 0 Å². The van der Waals surface area contributed by atoms with Crippen molar-refractivity contribution < 1.29 is 9.59 Å². The van der Waals surface area contributed by atoms with Gasteiger partial charge in [-0.15, -0.1) is 22.7 Å². The van der Waals surface area contributed by atoms with E-state index in [-0.39, 0.29) is 24.3 Å². The molecule has 2 heterocycles. The monoisotopic (exact) mass is 438 g/mol. The number of amides is 2. The third-order valence-corrected chi connectivity index (χ3v) is 7.31. The molecule has 0 unspecified atom stereocenters. The van der Waals surface area contributed by atoms with Crippen LogP contribution in [0.1, 0.15) is 47.0 Å². The summed E-state index contributed by atoms with van der Waals surface area (Å²) in [5.41, 5.74) is 1.87. The molecule has 0 radical (unpaired) electrons. The zero-order valence-corrected chi connectivity index (χ0v) is 18.7. The lowest BCUT2D eigenvalue weighted by Gasteiger charge is -2.31. The lowest BCUT2D eigenvalue weighted by molar-refractivity contribution is -0.126. The second-order valence-corrected chi connectivity index (χ2v) is 9.77. The summed E-state index contributed by atoms with van der Waals surface area (Å²) in [5.74, 6) is -0.161. The second-order valence-electron chi connectivity index (χ2n) is 7.76. The smallest absolute Gasteiger partial charge is 0.248 e. The van der Waals surface area contributed by atoms with Gasteiger partial charge in [0.25, 0.3) is 0 Å². The molecule has 0 saturated heterocycles. The van der Waals surface area contributed by atoms with Gasteiger partial charge in [0, 0.05) is 21.5 Å². The third kappa shape index (κ3) is 4.82. The summed E-state index contributed by atoms with van der Waals surface area (Å²) >= 11 is 3.08. The molecule has 1 fully saturated rings. The molecule has 6 heteroatoms. The number of hydrogen-bond acceptors (Lipinski definition) is 4. The molecule has 1 aromatic carbocycles. The van der Waals surface area contributed by atoms with Gasteiger partial charge in [0.2, 0.25) is 11.8 Å². The van der Waals surface area contributed by atoms with Crippen molar-refractivity contribution in [2.45, 2.75) is 51.1 Å². The van der Waals surface area contributed by atoms with E-state index in [1.54, 1.807) is 16.2 Å². The van der Waals surface area contributed by atoms with E-state index in [4.69, 9.17) is 0 Å². The summed E-state index contributed by atoms with van der Waals surface area (Å²) in [7, 11) is 0. The number of benzene rings is 1. The number of carbonyl (C=O) groups is 2. The van der Waals surface area contributed by atoms with Crippen LogP contribution in [-0.2, 0) is 16.0 Å². The molecular weight excluding hydrogens is 412 g/mol. The third-order valence-electron chi connectivity index (χ3n) is 5.51. The van der Waals surface area contributed by atoms with E-state index in [1.807, 2.05) is 66.2 Å². The van der Waals surface area contributed by atoms with Crippen LogP contribution in [0.25, 0.3) is 0 Å². The number of thiophene rings is 2. The van der Waals surface area contributed by atoms with Gasteiger partial charge in [-0.2, -0.15) is 0 Å². The van der Waals surface area contributed by atoms with Gasteiger partial charge in [-0.1, -0.05) is 42.7 Å². The highest BCUT2D eigenvalue weighted by Gasteiger charge is 2.34. The highest BCUT2D eigenvalue weighted by Crippen LogP contribution is 2.32. The Bertz CT molecular complexity index is 959. The summed E-state index contributed by atoms with van der Waals surface area (Å²) in [6.45, 7) is 2.02. The lowest BCUT2D eigenvalue weighted by Crippen LogP contribution is -2.46. The minimum atomic E-state index is -0.666. The van der Waals surface area contributed by atoms with Crippen molar-refractivity contribution >= 4 is 40.2 Å². The van der Waals surface area contributed by atoms with Crippen molar-refractivity contribution in [1.82, 2.24) is 5.32 Å². The van der Waals surface area contributed by atoms with Crippen LogP contribution in [0.5, 0.6) is 0 Å². The number of anilines is 1. The maximum atomic E-state index is 13.5. The van der Waals surface area contributed by atoms with Gasteiger partial charge in [0.05, 0.1) is 6.42 Å². The quantitative estimate of drug-likeness (QED) is 0.530. The molecule has 156 valence electrons. The van der Waals surface area contributed by atoms with E-state index in [2.05, 4.69) is 5.32 Å². The van der Waals surface area contributed by atoms with E-state index < -0.39 is 6.04 Å². The van der Waals surface area contributed by atoms with Crippen LogP contribution in [-0.4, -0.2) is 17.9 Å². The Labute approximate surface area is 185 Å². The number of hydrogen-bond donors (Lipinski definition) is 1. The normalized spacial score (nSPS) is 15.1. The molecule has 30 heavy (non-hydrogen) atoms. The topological polar surface area (TPSA) is 49.4 Å². The summed E-state index contributed by atoms with van der Waals surface area (Å²) in [6, 6.07) is 15.2. The first kappa shape index (κ1) is 20.8. The average molecular weight is 439 g/mol. The molecule has 2 aromatic heterocycles. The van der Waals surface area contributed by atoms with E-state index in [1.165, 1.54) is 11.3 Å². The fraction of sp³-hybridized carbons (Fsp3) is 0.333. The first-order valence-electron chi connectivity index (χ1n) is 10.4. The number of aryl methyl sites for hydroxylation is 1. The molecule has 1 atom stereocenters. The van der Waals surface area contributed by atoms with Gasteiger partial charge < -0.3 is 5.32 Å². The lowest BCUT2D eigenvalue weighted by atomic mass is 10.1. The minimum absolute atomic E-state index is 0.0683. The highest BCUT2D eigenvalue weighted by molar-refractivity contribution is 7.10. The van der Waals surface area contributed by atoms with Crippen LogP contribution < -0.4 is 10.2 Å². The number of nitrogens with one attached hydrogen (secondary N) is 1. The minimum Gasteiger partial charge on any atom is -0.351 e. The number of nitrogens with zero attached hydrogens (tertiary/aromatic N) is 1. The van der Waals surface area contributed by atoms with E-state index in [0.717, 1.165) is 46.7 Å². The molecule has 4 rings (SSSR count). The molecule has 1 aliphatic rings. The van der Waals surface area contributed by atoms with Crippen LogP contribution >= 0.6 is 22.7 Å². The fourth-order valence-electron chi connectivity index (χ4n) is 3.96. The molecule has 1 saturated carbocycles. The zero-order chi connectivity index (χ0) is 20.9. The molecular formula is C24H26N2O2S2. The van der Waals surface area contributed by atoms with Gasteiger partial charge in [-0.25, -0.2) is 0 Å². The first-order chi connectivity index (χ1) is 14.6. The average Bonchev–Trinajstić information content (AvgIpc) is 3.50. The van der Waals surface area contributed by atoms with E-state index in [0.29, 0.717) is 0 Å². The number of carbonyl (C=O) groups excluding carboxylic acids is 2. The van der Waals surface area contributed by atoms with Gasteiger partial charge in [-0.3, -0.25) is 14.5 Å². The van der Waals surface area contributed by atoms with Gasteiger partial charge in [0.15, 0.2) is 0 Å². The van der Waals surface area contributed by atoms with Crippen molar-refractivity contribution in [3.63, 3.8) is 0 Å². The van der Waals surface area contributed by atoms with E-state index in [9.17, 15) is 9.59 Å². The molecule has 0 spiro atoms. The van der Waals surface area contributed by atoms with Crippen LogP contribution in [0.3, 0.4) is 0 Å². The van der Waals surface area contributed by atoms with Gasteiger partial charge >= 0.3 is 0 Å².